The Hall–Kier alpha value is -2.15. The average Bonchev–Trinajstić information content (AvgIpc) is 2.41. The van der Waals surface area contributed by atoms with Gasteiger partial charge in [-0.1, -0.05) is 6.07 Å². The standard InChI is InChI=1S/C13H12F3N3O/c14-13(15,16)9-2-1-3-10(6-9)20-11-7-18-12(4-5-17)19-8-11/h1-3,6-8H,4-5,17H2. The fourth-order valence-corrected chi connectivity index (χ4v) is 1.53. The summed E-state index contributed by atoms with van der Waals surface area (Å²) < 4.78 is 42.9. The van der Waals surface area contributed by atoms with Crippen LogP contribution in [0.4, 0.5) is 13.2 Å². The summed E-state index contributed by atoms with van der Waals surface area (Å²) in [6.07, 6.45) is -1.07. The maximum Gasteiger partial charge on any atom is 0.416 e. The Morgan fingerprint density at radius 3 is 2.40 bits per heavy atom. The fourth-order valence-electron chi connectivity index (χ4n) is 1.53. The lowest BCUT2D eigenvalue weighted by atomic mass is 10.2. The molecular weight excluding hydrogens is 271 g/mol. The molecule has 1 aromatic carbocycles. The predicted molar refractivity (Wildman–Crippen MR) is 66.3 cm³/mol. The quantitative estimate of drug-likeness (QED) is 0.937. The zero-order valence-electron chi connectivity index (χ0n) is 10.4. The lowest BCUT2D eigenvalue weighted by Crippen LogP contribution is -2.06. The molecule has 0 unspecified atom stereocenters. The highest BCUT2D eigenvalue weighted by atomic mass is 19.4. The zero-order chi connectivity index (χ0) is 14.6. The van der Waals surface area contributed by atoms with Crippen molar-refractivity contribution < 1.29 is 17.9 Å². The van der Waals surface area contributed by atoms with Gasteiger partial charge in [-0.25, -0.2) is 9.97 Å². The molecule has 0 bridgehead atoms. The summed E-state index contributed by atoms with van der Waals surface area (Å²) in [6.45, 7) is 0.424. The Balaban J connectivity index is 2.13. The van der Waals surface area contributed by atoms with Crippen molar-refractivity contribution in [2.45, 2.75) is 12.6 Å². The molecule has 0 saturated heterocycles. The van der Waals surface area contributed by atoms with Gasteiger partial charge in [-0.15, -0.1) is 0 Å². The molecule has 0 fully saturated rings. The van der Waals surface area contributed by atoms with Gasteiger partial charge in [0.15, 0.2) is 5.75 Å². The van der Waals surface area contributed by atoms with Gasteiger partial charge in [0, 0.05) is 6.42 Å². The summed E-state index contributed by atoms with van der Waals surface area (Å²) in [4.78, 5) is 7.99. The monoisotopic (exact) mass is 283 g/mol. The first-order valence-electron chi connectivity index (χ1n) is 5.85. The van der Waals surface area contributed by atoms with Crippen LogP contribution in [0.5, 0.6) is 11.5 Å². The minimum atomic E-state index is -4.40. The smallest absolute Gasteiger partial charge is 0.416 e. The van der Waals surface area contributed by atoms with E-state index in [1.807, 2.05) is 0 Å². The van der Waals surface area contributed by atoms with Gasteiger partial charge >= 0.3 is 6.18 Å². The lowest BCUT2D eigenvalue weighted by molar-refractivity contribution is -0.137. The van der Waals surface area contributed by atoms with E-state index >= 15 is 0 Å². The van der Waals surface area contributed by atoms with Crippen molar-refractivity contribution in [1.29, 1.82) is 0 Å². The van der Waals surface area contributed by atoms with Gasteiger partial charge in [0.25, 0.3) is 0 Å². The van der Waals surface area contributed by atoms with E-state index in [-0.39, 0.29) is 11.5 Å². The van der Waals surface area contributed by atoms with Crippen LogP contribution in [0.15, 0.2) is 36.7 Å². The molecule has 0 aliphatic heterocycles. The van der Waals surface area contributed by atoms with Gasteiger partial charge < -0.3 is 10.5 Å². The van der Waals surface area contributed by atoms with Crippen LogP contribution in [0.1, 0.15) is 11.4 Å². The second kappa shape index (κ2) is 5.87. The molecule has 2 rings (SSSR count). The number of hydrogen-bond acceptors (Lipinski definition) is 4. The van der Waals surface area contributed by atoms with E-state index in [9.17, 15) is 13.2 Å². The molecule has 0 spiro atoms. The van der Waals surface area contributed by atoms with Gasteiger partial charge in [0.2, 0.25) is 0 Å². The Labute approximate surface area is 113 Å². The summed E-state index contributed by atoms with van der Waals surface area (Å²) in [5.41, 5.74) is 4.59. The van der Waals surface area contributed by atoms with E-state index in [4.69, 9.17) is 10.5 Å². The second-order valence-electron chi connectivity index (χ2n) is 4.00. The maximum atomic E-state index is 12.6. The van der Waals surface area contributed by atoms with Gasteiger partial charge in [-0.05, 0) is 24.7 Å². The first-order valence-corrected chi connectivity index (χ1v) is 5.85. The molecule has 0 amide bonds. The highest BCUT2D eigenvalue weighted by Gasteiger charge is 2.30. The third kappa shape index (κ3) is 3.67. The van der Waals surface area contributed by atoms with Crippen LogP contribution in [-0.4, -0.2) is 16.5 Å². The minimum Gasteiger partial charge on any atom is -0.454 e. The number of benzene rings is 1. The number of hydrogen-bond donors (Lipinski definition) is 1. The van der Waals surface area contributed by atoms with Crippen molar-refractivity contribution in [3.05, 3.63) is 48.0 Å². The van der Waals surface area contributed by atoms with Crippen LogP contribution in [0.3, 0.4) is 0 Å². The molecule has 4 nitrogen and oxygen atoms in total. The van der Waals surface area contributed by atoms with Crippen molar-refractivity contribution in [2.24, 2.45) is 5.73 Å². The van der Waals surface area contributed by atoms with Gasteiger partial charge in [0.05, 0.1) is 18.0 Å². The molecule has 0 saturated carbocycles. The van der Waals surface area contributed by atoms with Crippen molar-refractivity contribution in [3.63, 3.8) is 0 Å². The van der Waals surface area contributed by atoms with Crippen LogP contribution in [0.2, 0.25) is 0 Å². The van der Waals surface area contributed by atoms with Gasteiger partial charge in [-0.3, -0.25) is 0 Å². The topological polar surface area (TPSA) is 61.0 Å². The Kier molecular flexibility index (Phi) is 4.19. The molecule has 2 N–H and O–H groups in total. The van der Waals surface area contributed by atoms with Crippen molar-refractivity contribution in [1.82, 2.24) is 9.97 Å². The first-order chi connectivity index (χ1) is 9.49. The number of alkyl halides is 3. The van der Waals surface area contributed by atoms with Gasteiger partial charge in [0.1, 0.15) is 11.6 Å². The molecule has 106 valence electrons. The summed E-state index contributed by atoms with van der Waals surface area (Å²) in [5.74, 6) is 0.906. The number of rotatable bonds is 4. The summed E-state index contributed by atoms with van der Waals surface area (Å²) >= 11 is 0. The van der Waals surface area contributed by atoms with E-state index in [0.717, 1.165) is 12.1 Å². The van der Waals surface area contributed by atoms with Crippen LogP contribution >= 0.6 is 0 Å². The van der Waals surface area contributed by atoms with Crippen molar-refractivity contribution in [3.8, 4) is 11.5 Å². The highest BCUT2D eigenvalue weighted by Crippen LogP contribution is 2.32. The number of ether oxygens (including phenoxy) is 1. The Bertz CT molecular complexity index is 570. The van der Waals surface area contributed by atoms with Gasteiger partial charge in [-0.2, -0.15) is 13.2 Å². The molecule has 7 heteroatoms. The van der Waals surface area contributed by atoms with E-state index in [2.05, 4.69) is 9.97 Å². The maximum absolute atomic E-state index is 12.6. The molecule has 0 aliphatic carbocycles. The van der Waals surface area contributed by atoms with Crippen LogP contribution < -0.4 is 10.5 Å². The largest absolute Gasteiger partial charge is 0.454 e. The SMILES string of the molecule is NCCc1ncc(Oc2cccc(C(F)(F)F)c2)cn1. The third-order valence-corrected chi connectivity index (χ3v) is 2.45. The molecule has 0 atom stereocenters. The molecule has 0 radical (unpaired) electrons. The highest BCUT2D eigenvalue weighted by molar-refractivity contribution is 5.33. The number of nitrogens with zero attached hydrogens (tertiary/aromatic N) is 2. The fraction of sp³-hybridized carbons (Fsp3) is 0.231. The Morgan fingerprint density at radius 2 is 1.80 bits per heavy atom. The number of nitrogens with two attached hydrogens (primary N) is 1. The molecule has 1 heterocycles. The van der Waals surface area contributed by atoms with Crippen LogP contribution in [-0.2, 0) is 12.6 Å². The second-order valence-corrected chi connectivity index (χ2v) is 4.00. The number of halogens is 3. The minimum absolute atomic E-state index is 0.0787. The molecular formula is C13H12F3N3O. The zero-order valence-corrected chi connectivity index (χ0v) is 10.4. The number of aromatic nitrogens is 2. The van der Waals surface area contributed by atoms with Crippen LogP contribution in [0.25, 0.3) is 0 Å². The van der Waals surface area contributed by atoms with Crippen molar-refractivity contribution >= 4 is 0 Å². The molecule has 2 aromatic rings. The molecule has 0 aliphatic rings. The van der Waals surface area contributed by atoms with Crippen LogP contribution in [0, 0.1) is 0 Å². The van der Waals surface area contributed by atoms with E-state index in [1.54, 1.807) is 0 Å². The predicted octanol–water partition coefficient (Wildman–Crippen LogP) is 2.79. The average molecular weight is 283 g/mol. The van der Waals surface area contributed by atoms with E-state index in [0.29, 0.717) is 18.8 Å². The molecule has 20 heavy (non-hydrogen) atoms. The first kappa shape index (κ1) is 14.3. The van der Waals surface area contributed by atoms with E-state index in [1.165, 1.54) is 24.5 Å². The van der Waals surface area contributed by atoms with E-state index < -0.39 is 11.7 Å². The Morgan fingerprint density at radius 1 is 1.10 bits per heavy atom. The van der Waals surface area contributed by atoms with Crippen molar-refractivity contribution in [2.75, 3.05) is 6.54 Å². The summed E-state index contributed by atoms with van der Waals surface area (Å²) in [7, 11) is 0. The molecule has 1 aromatic heterocycles. The lowest BCUT2D eigenvalue weighted by Gasteiger charge is -2.09. The summed E-state index contributed by atoms with van der Waals surface area (Å²) in [6, 6.07) is 4.62. The third-order valence-electron chi connectivity index (χ3n) is 2.45. The normalized spacial score (nSPS) is 11.4. The summed E-state index contributed by atoms with van der Waals surface area (Å²) in [5, 5.41) is 0.